The van der Waals surface area contributed by atoms with Gasteiger partial charge in [-0.25, -0.2) is 4.79 Å². The summed E-state index contributed by atoms with van der Waals surface area (Å²) in [6.45, 7) is 4.94. The zero-order valence-corrected chi connectivity index (χ0v) is 26.5. The summed E-state index contributed by atoms with van der Waals surface area (Å²) in [4.78, 5) is 41.9. The number of aryl methyl sites for hydroxylation is 1. The number of carboxylic acids is 1. The Balaban J connectivity index is 1.51. The summed E-state index contributed by atoms with van der Waals surface area (Å²) in [7, 11) is 4.63. The molecule has 3 N–H and O–H groups in total. The number of anilines is 3. The predicted octanol–water partition coefficient (Wildman–Crippen LogP) is 6.09. The van der Waals surface area contributed by atoms with Crippen LogP contribution in [0.1, 0.15) is 49.8 Å². The lowest BCUT2D eigenvalue weighted by atomic mass is 9.95. The van der Waals surface area contributed by atoms with Gasteiger partial charge in [0.15, 0.2) is 11.5 Å². The third-order valence-electron chi connectivity index (χ3n) is 8.14. The average Bonchev–Trinajstić information content (AvgIpc) is 3.05. The smallest absolute Gasteiger partial charge is 0.323 e. The number of nitrogens with zero attached hydrogens (tertiary/aromatic N) is 2. The van der Waals surface area contributed by atoms with Gasteiger partial charge in [-0.1, -0.05) is 31.2 Å². The number of methoxy groups -OCH3 is 3. The molecule has 1 unspecified atom stereocenters. The molecule has 1 aliphatic rings. The Morgan fingerprint density at radius 3 is 2.18 bits per heavy atom. The van der Waals surface area contributed by atoms with E-state index in [9.17, 15) is 19.5 Å². The number of rotatable bonds is 12. The van der Waals surface area contributed by atoms with Crippen molar-refractivity contribution in [3.05, 3.63) is 71.8 Å². The van der Waals surface area contributed by atoms with Crippen LogP contribution in [-0.2, 0) is 9.59 Å². The van der Waals surface area contributed by atoms with E-state index in [1.54, 1.807) is 37.3 Å². The van der Waals surface area contributed by atoms with Gasteiger partial charge < -0.3 is 34.9 Å². The molecule has 0 radical (unpaired) electrons. The number of nitrogens with one attached hydrogen (secondary N) is 2. The normalized spacial score (nSPS) is 14.2. The molecule has 240 valence electrons. The van der Waals surface area contributed by atoms with Gasteiger partial charge in [0, 0.05) is 49.0 Å². The second kappa shape index (κ2) is 15.3. The standard InChI is InChI=1S/C34H42N4O7/c1-6-32(39)38(25-12-13-27(30(20-25)44-4)36-34(42)35-26-10-8-7-9-22(26)2)24-15-17-37(18-16-24)28(21-33(40)41)23-11-14-29(43-3)31(19-23)45-5/h7-14,19-20,24,28H,6,15-18,21H2,1-5H3,(H,40,41)(H2,35,36,42). The molecule has 11 nitrogen and oxygen atoms in total. The molecule has 3 aromatic rings. The van der Waals surface area contributed by atoms with Crippen LogP contribution in [0.3, 0.4) is 0 Å². The number of hydrogen-bond donors (Lipinski definition) is 3. The molecule has 1 aliphatic heterocycles. The SMILES string of the molecule is CCC(=O)N(c1ccc(NC(=O)Nc2ccccc2C)c(OC)c1)C1CCN(C(CC(=O)O)c2ccc(OC)c(OC)c2)CC1. The minimum atomic E-state index is -0.895. The molecule has 1 atom stereocenters. The van der Waals surface area contributed by atoms with E-state index in [1.807, 2.05) is 56.3 Å². The zero-order chi connectivity index (χ0) is 32.5. The Labute approximate surface area is 264 Å². The van der Waals surface area contributed by atoms with Gasteiger partial charge in [-0.05, 0) is 61.2 Å². The number of likely N-dealkylation sites (tertiary alicyclic amines) is 1. The number of amides is 3. The minimum Gasteiger partial charge on any atom is -0.494 e. The maximum absolute atomic E-state index is 13.3. The summed E-state index contributed by atoms with van der Waals surface area (Å²) in [5.41, 5.74) is 3.61. The second-order valence-electron chi connectivity index (χ2n) is 10.9. The van der Waals surface area contributed by atoms with Gasteiger partial charge in [0.1, 0.15) is 5.75 Å². The molecule has 1 saturated heterocycles. The van der Waals surface area contributed by atoms with E-state index in [4.69, 9.17) is 14.2 Å². The number of carbonyl (C=O) groups is 3. The summed E-state index contributed by atoms with van der Waals surface area (Å²) in [6.07, 6.45) is 1.54. The van der Waals surface area contributed by atoms with Gasteiger partial charge in [0.25, 0.3) is 0 Å². The molecule has 11 heteroatoms. The molecular formula is C34H42N4O7. The lowest BCUT2D eigenvalue weighted by Gasteiger charge is -2.41. The van der Waals surface area contributed by atoms with Crippen LogP contribution < -0.4 is 29.7 Å². The Bertz CT molecular complexity index is 1500. The number of para-hydroxylation sites is 1. The number of carboxylic acid groups (broad SMARTS) is 1. The van der Waals surface area contributed by atoms with Crippen molar-refractivity contribution in [3.8, 4) is 17.2 Å². The number of benzene rings is 3. The average molecular weight is 619 g/mol. The van der Waals surface area contributed by atoms with Gasteiger partial charge in [-0.2, -0.15) is 0 Å². The van der Waals surface area contributed by atoms with Crippen LogP contribution in [0.25, 0.3) is 0 Å². The van der Waals surface area contributed by atoms with Gasteiger partial charge >= 0.3 is 12.0 Å². The highest BCUT2D eigenvalue weighted by Gasteiger charge is 2.33. The Hall–Kier alpha value is -4.77. The zero-order valence-electron chi connectivity index (χ0n) is 26.5. The number of aliphatic carboxylic acids is 1. The maximum Gasteiger partial charge on any atom is 0.323 e. The molecule has 0 aliphatic carbocycles. The Morgan fingerprint density at radius 2 is 1.56 bits per heavy atom. The predicted molar refractivity (Wildman–Crippen MR) is 174 cm³/mol. The first-order chi connectivity index (χ1) is 21.7. The molecule has 4 rings (SSSR count). The molecule has 1 heterocycles. The van der Waals surface area contributed by atoms with E-state index >= 15 is 0 Å². The van der Waals surface area contributed by atoms with Crippen molar-refractivity contribution in [3.63, 3.8) is 0 Å². The van der Waals surface area contributed by atoms with E-state index in [0.29, 0.717) is 66.7 Å². The van der Waals surface area contributed by atoms with Crippen molar-refractivity contribution in [2.75, 3.05) is 50.0 Å². The van der Waals surface area contributed by atoms with E-state index in [-0.39, 0.29) is 24.4 Å². The van der Waals surface area contributed by atoms with Crippen LogP contribution >= 0.6 is 0 Å². The molecular weight excluding hydrogens is 576 g/mol. The summed E-state index contributed by atoms with van der Waals surface area (Å²) in [5, 5.41) is 15.4. The summed E-state index contributed by atoms with van der Waals surface area (Å²) in [5.74, 6) is 0.614. The first-order valence-corrected chi connectivity index (χ1v) is 15.0. The highest BCUT2D eigenvalue weighted by Crippen LogP contribution is 2.37. The molecule has 0 bridgehead atoms. The summed E-state index contributed by atoms with van der Waals surface area (Å²) < 4.78 is 16.4. The maximum atomic E-state index is 13.3. The van der Waals surface area contributed by atoms with Crippen molar-refractivity contribution >= 4 is 35.0 Å². The Kier molecular flexibility index (Phi) is 11.3. The van der Waals surface area contributed by atoms with Crippen LogP contribution in [0, 0.1) is 6.92 Å². The fraction of sp³-hybridized carbons (Fsp3) is 0.382. The summed E-state index contributed by atoms with van der Waals surface area (Å²) in [6, 6.07) is 17.4. The van der Waals surface area contributed by atoms with Crippen LogP contribution in [-0.4, -0.2) is 68.4 Å². The van der Waals surface area contributed by atoms with Gasteiger partial charge in [-0.15, -0.1) is 0 Å². The number of piperidine rings is 1. The van der Waals surface area contributed by atoms with E-state index in [1.165, 1.54) is 7.11 Å². The fourth-order valence-corrected chi connectivity index (χ4v) is 5.79. The highest BCUT2D eigenvalue weighted by atomic mass is 16.5. The number of hydrogen-bond acceptors (Lipinski definition) is 7. The third kappa shape index (κ3) is 8.04. The molecule has 1 fully saturated rings. The largest absolute Gasteiger partial charge is 0.494 e. The Morgan fingerprint density at radius 1 is 0.889 bits per heavy atom. The van der Waals surface area contributed by atoms with Gasteiger partial charge in [0.2, 0.25) is 5.91 Å². The third-order valence-corrected chi connectivity index (χ3v) is 8.14. The van der Waals surface area contributed by atoms with Gasteiger partial charge in [0.05, 0.1) is 33.4 Å². The van der Waals surface area contributed by atoms with Crippen molar-refractivity contribution in [1.29, 1.82) is 0 Å². The number of ether oxygens (including phenoxy) is 3. The molecule has 3 amide bonds. The molecule has 0 aromatic heterocycles. The minimum absolute atomic E-state index is 0.0320. The van der Waals surface area contributed by atoms with E-state index in [2.05, 4.69) is 15.5 Å². The van der Waals surface area contributed by atoms with Gasteiger partial charge in [-0.3, -0.25) is 14.5 Å². The van der Waals surface area contributed by atoms with E-state index in [0.717, 1.165) is 11.1 Å². The molecule has 0 spiro atoms. The lowest BCUT2D eigenvalue weighted by molar-refractivity contribution is -0.138. The first kappa shape index (κ1) is 33.1. The lowest BCUT2D eigenvalue weighted by Crippen LogP contribution is -2.48. The van der Waals surface area contributed by atoms with Crippen LogP contribution in [0.2, 0.25) is 0 Å². The molecule has 45 heavy (non-hydrogen) atoms. The first-order valence-electron chi connectivity index (χ1n) is 15.0. The van der Waals surface area contributed by atoms with E-state index < -0.39 is 12.0 Å². The monoisotopic (exact) mass is 618 g/mol. The molecule has 0 saturated carbocycles. The van der Waals surface area contributed by atoms with Crippen LogP contribution in [0.5, 0.6) is 17.2 Å². The number of urea groups is 1. The van der Waals surface area contributed by atoms with Crippen molar-refractivity contribution in [2.45, 2.75) is 51.6 Å². The van der Waals surface area contributed by atoms with Crippen molar-refractivity contribution < 1.29 is 33.7 Å². The fourth-order valence-electron chi connectivity index (χ4n) is 5.79. The molecule has 3 aromatic carbocycles. The number of carbonyl (C=O) groups excluding carboxylic acids is 2. The summed E-state index contributed by atoms with van der Waals surface area (Å²) >= 11 is 0. The highest BCUT2D eigenvalue weighted by molar-refractivity contribution is 6.01. The quantitative estimate of drug-likeness (QED) is 0.223. The topological polar surface area (TPSA) is 130 Å². The van der Waals surface area contributed by atoms with Crippen LogP contribution in [0.4, 0.5) is 21.9 Å². The van der Waals surface area contributed by atoms with Crippen molar-refractivity contribution in [2.24, 2.45) is 0 Å². The van der Waals surface area contributed by atoms with Crippen LogP contribution in [0.15, 0.2) is 60.7 Å². The second-order valence-corrected chi connectivity index (χ2v) is 10.9. The van der Waals surface area contributed by atoms with Crippen molar-refractivity contribution in [1.82, 2.24) is 4.90 Å².